The van der Waals surface area contributed by atoms with Crippen LogP contribution in [-0.4, -0.2) is 23.7 Å². The highest BCUT2D eigenvalue weighted by atomic mass is 19.4. The Bertz CT molecular complexity index is 904. The van der Waals surface area contributed by atoms with E-state index >= 15 is 0 Å². The Morgan fingerprint density at radius 1 is 1.07 bits per heavy atom. The summed E-state index contributed by atoms with van der Waals surface area (Å²) < 4.78 is 52.6. The number of hydrogen-bond donors (Lipinski definition) is 1. The van der Waals surface area contributed by atoms with E-state index in [2.05, 4.69) is 13.8 Å². The fourth-order valence-electron chi connectivity index (χ4n) is 3.67. The number of carbonyl (C=O) groups excluding carboxylic acids is 1. The zero-order chi connectivity index (χ0) is 22.1. The third-order valence-corrected chi connectivity index (χ3v) is 5.51. The fourth-order valence-corrected chi connectivity index (χ4v) is 3.67. The van der Waals surface area contributed by atoms with Crippen LogP contribution < -0.4 is 4.90 Å². The first-order valence-electron chi connectivity index (χ1n) is 10.0. The van der Waals surface area contributed by atoms with E-state index in [0.717, 1.165) is 17.7 Å². The molecule has 1 aliphatic rings. The molecule has 0 aromatic heterocycles. The van der Waals surface area contributed by atoms with Crippen LogP contribution in [0.2, 0.25) is 0 Å². The Morgan fingerprint density at radius 2 is 1.73 bits per heavy atom. The number of aryl methyl sites for hydroxylation is 1. The molecule has 1 unspecified atom stereocenters. The van der Waals surface area contributed by atoms with Crippen molar-refractivity contribution in [3.63, 3.8) is 0 Å². The summed E-state index contributed by atoms with van der Waals surface area (Å²) in [6, 6.07) is 11.0. The third kappa shape index (κ3) is 4.51. The second-order valence-electron chi connectivity index (χ2n) is 8.04. The molecule has 162 valence electrons. The van der Waals surface area contributed by atoms with Crippen molar-refractivity contribution < 1.29 is 27.5 Å². The van der Waals surface area contributed by atoms with E-state index in [1.807, 2.05) is 24.3 Å². The number of aliphatic hydroxyl groups is 1. The van der Waals surface area contributed by atoms with Gasteiger partial charge in [-0.25, -0.2) is 0 Å². The van der Waals surface area contributed by atoms with Gasteiger partial charge in [0, 0.05) is 17.8 Å². The van der Waals surface area contributed by atoms with Crippen LogP contribution in [0.3, 0.4) is 0 Å². The molecule has 0 aliphatic carbocycles. The van der Waals surface area contributed by atoms with E-state index in [1.165, 1.54) is 11.6 Å². The van der Waals surface area contributed by atoms with Crippen molar-refractivity contribution in [3.05, 3.63) is 64.7 Å². The molecule has 0 saturated carbocycles. The minimum absolute atomic E-state index is 0.162. The molecule has 0 fully saturated rings. The number of carbonyl (C=O) groups is 1. The maximum absolute atomic E-state index is 14.0. The van der Waals surface area contributed by atoms with Crippen LogP contribution in [0.1, 0.15) is 54.9 Å². The summed E-state index contributed by atoms with van der Waals surface area (Å²) in [5.74, 6) is -4.22. The number of benzene rings is 2. The van der Waals surface area contributed by atoms with Crippen molar-refractivity contribution in [2.45, 2.75) is 57.5 Å². The van der Waals surface area contributed by atoms with Gasteiger partial charge >= 0.3 is 12.0 Å². The number of rotatable bonds is 4. The summed E-state index contributed by atoms with van der Waals surface area (Å²) >= 11 is 0. The van der Waals surface area contributed by atoms with Gasteiger partial charge in [-0.1, -0.05) is 44.2 Å². The SMILES string of the molecule is CC(C)c1ccc(CC(=O)N2CCCCc3cc(C(O)(F)C(F)(F)F)ccc32)cc1. The zero-order valence-corrected chi connectivity index (χ0v) is 17.0. The number of anilines is 1. The topological polar surface area (TPSA) is 40.5 Å². The highest BCUT2D eigenvalue weighted by Crippen LogP contribution is 2.42. The maximum Gasteiger partial charge on any atom is 0.453 e. The fraction of sp³-hybridized carbons (Fsp3) is 0.435. The Labute approximate surface area is 173 Å². The third-order valence-electron chi connectivity index (χ3n) is 5.51. The summed E-state index contributed by atoms with van der Waals surface area (Å²) in [5.41, 5.74) is 2.04. The van der Waals surface area contributed by atoms with Crippen molar-refractivity contribution in [2.75, 3.05) is 11.4 Å². The standard InChI is InChI=1S/C23H25F4NO2/c1-15(2)17-8-6-16(7-9-17)13-21(29)28-12-4-3-5-18-14-19(10-11-20(18)28)22(24,30)23(25,26)27/h6-11,14-15,30H,3-5,12-13H2,1-2H3. The predicted molar refractivity (Wildman–Crippen MR) is 107 cm³/mol. The van der Waals surface area contributed by atoms with Gasteiger partial charge in [-0.15, -0.1) is 0 Å². The van der Waals surface area contributed by atoms with Gasteiger partial charge in [-0.05, 0) is 54.0 Å². The van der Waals surface area contributed by atoms with Crippen molar-refractivity contribution in [2.24, 2.45) is 0 Å². The average Bonchev–Trinajstić information content (AvgIpc) is 2.89. The lowest BCUT2D eigenvalue weighted by Crippen LogP contribution is -2.38. The van der Waals surface area contributed by atoms with Gasteiger partial charge in [0.25, 0.3) is 0 Å². The summed E-state index contributed by atoms with van der Waals surface area (Å²) in [6.45, 7) is 4.61. The molecule has 0 saturated heterocycles. The Hall–Kier alpha value is -2.41. The molecule has 1 N–H and O–H groups in total. The zero-order valence-electron chi connectivity index (χ0n) is 17.0. The van der Waals surface area contributed by atoms with Crippen LogP contribution in [0.5, 0.6) is 0 Å². The molecule has 3 rings (SSSR count). The number of amides is 1. The Kier molecular flexibility index (Phi) is 6.22. The van der Waals surface area contributed by atoms with E-state index in [9.17, 15) is 27.5 Å². The van der Waals surface area contributed by atoms with Crippen LogP contribution in [0, 0.1) is 0 Å². The minimum Gasteiger partial charge on any atom is -0.351 e. The van der Waals surface area contributed by atoms with E-state index < -0.39 is 17.6 Å². The summed E-state index contributed by atoms with van der Waals surface area (Å²) in [5, 5.41) is 9.35. The molecule has 0 bridgehead atoms. The van der Waals surface area contributed by atoms with Crippen molar-refractivity contribution >= 4 is 11.6 Å². The van der Waals surface area contributed by atoms with Crippen LogP contribution in [0.4, 0.5) is 23.2 Å². The van der Waals surface area contributed by atoms with Crippen LogP contribution in [0.25, 0.3) is 0 Å². The van der Waals surface area contributed by atoms with Crippen molar-refractivity contribution in [1.29, 1.82) is 0 Å². The quantitative estimate of drug-likeness (QED) is 0.669. The normalized spacial score (nSPS) is 16.7. The molecule has 0 spiro atoms. The minimum atomic E-state index is -5.44. The molecule has 3 nitrogen and oxygen atoms in total. The van der Waals surface area contributed by atoms with E-state index in [-0.39, 0.29) is 12.3 Å². The number of alkyl halides is 4. The first-order chi connectivity index (χ1) is 14.0. The van der Waals surface area contributed by atoms with E-state index in [0.29, 0.717) is 43.0 Å². The van der Waals surface area contributed by atoms with Crippen LogP contribution >= 0.6 is 0 Å². The number of nitrogens with zero attached hydrogens (tertiary/aromatic N) is 1. The summed E-state index contributed by atoms with van der Waals surface area (Å²) in [6.07, 6.45) is -3.54. The molecule has 1 atom stereocenters. The molecule has 1 amide bonds. The Balaban J connectivity index is 1.86. The first kappa shape index (κ1) is 22.3. The Morgan fingerprint density at radius 3 is 2.33 bits per heavy atom. The summed E-state index contributed by atoms with van der Waals surface area (Å²) in [7, 11) is 0. The maximum atomic E-state index is 14.0. The van der Waals surface area contributed by atoms with Gasteiger partial charge in [0.1, 0.15) is 0 Å². The second kappa shape index (κ2) is 8.38. The largest absolute Gasteiger partial charge is 0.453 e. The van der Waals surface area contributed by atoms with Gasteiger partial charge in [0.15, 0.2) is 0 Å². The van der Waals surface area contributed by atoms with Crippen LogP contribution in [0.15, 0.2) is 42.5 Å². The van der Waals surface area contributed by atoms with Gasteiger partial charge in [-0.2, -0.15) is 17.6 Å². The van der Waals surface area contributed by atoms with Gasteiger partial charge in [-0.3, -0.25) is 4.79 Å². The van der Waals surface area contributed by atoms with Gasteiger partial charge < -0.3 is 10.0 Å². The molecular formula is C23H25F4NO2. The predicted octanol–water partition coefficient (Wildman–Crippen LogP) is 5.40. The van der Waals surface area contributed by atoms with Gasteiger partial charge in [0.05, 0.1) is 6.42 Å². The second-order valence-corrected chi connectivity index (χ2v) is 8.04. The smallest absolute Gasteiger partial charge is 0.351 e. The lowest BCUT2D eigenvalue weighted by Gasteiger charge is -2.26. The summed E-state index contributed by atoms with van der Waals surface area (Å²) in [4.78, 5) is 14.5. The van der Waals surface area contributed by atoms with Crippen molar-refractivity contribution in [1.82, 2.24) is 0 Å². The lowest BCUT2D eigenvalue weighted by atomic mass is 9.99. The highest BCUT2D eigenvalue weighted by molar-refractivity contribution is 5.95. The molecule has 7 heteroatoms. The highest BCUT2D eigenvalue weighted by Gasteiger charge is 2.56. The van der Waals surface area contributed by atoms with Gasteiger partial charge in [0.2, 0.25) is 5.91 Å². The molecule has 0 radical (unpaired) electrons. The molecule has 1 heterocycles. The van der Waals surface area contributed by atoms with E-state index in [1.54, 1.807) is 4.90 Å². The van der Waals surface area contributed by atoms with E-state index in [4.69, 9.17) is 0 Å². The average molecular weight is 423 g/mol. The molecule has 30 heavy (non-hydrogen) atoms. The molecule has 1 aliphatic heterocycles. The van der Waals surface area contributed by atoms with Crippen LogP contribution in [-0.2, 0) is 23.5 Å². The molecular weight excluding hydrogens is 398 g/mol. The monoisotopic (exact) mass is 423 g/mol. The lowest BCUT2D eigenvalue weighted by molar-refractivity contribution is -0.323. The number of halogens is 4. The number of hydrogen-bond acceptors (Lipinski definition) is 2. The number of fused-ring (bicyclic) bond motifs is 1. The molecule has 2 aromatic rings. The molecule has 2 aromatic carbocycles. The first-order valence-corrected chi connectivity index (χ1v) is 10.0. The van der Waals surface area contributed by atoms with Crippen molar-refractivity contribution in [3.8, 4) is 0 Å².